The van der Waals surface area contributed by atoms with E-state index in [2.05, 4.69) is 70.5 Å². The summed E-state index contributed by atoms with van der Waals surface area (Å²) in [6.45, 7) is 2.18. The molecule has 2 aromatic heterocycles. The number of aromatic amines is 1. The fourth-order valence-electron chi connectivity index (χ4n) is 4.85. The minimum Gasteiger partial charge on any atom is -0.497 e. The highest BCUT2D eigenvalue weighted by molar-refractivity contribution is 5.65. The standard InChI is InChI=1S/C27H30N4O2/c1-30-15-14-22(18-30)31(2)27(24-17-28-29-26(24)25-5-4-16-33-25)21-8-6-19(7-9-21)20-10-12-23(32-3)13-11-20/h4-13,16-17,22,27H,14-15,18H2,1-3H3,(H,28,29). The second-order valence-corrected chi connectivity index (χ2v) is 8.80. The van der Waals surface area contributed by atoms with Crippen LogP contribution in [0.5, 0.6) is 5.75 Å². The smallest absolute Gasteiger partial charge is 0.151 e. The Hall–Kier alpha value is -3.35. The third-order valence-electron chi connectivity index (χ3n) is 6.73. The summed E-state index contributed by atoms with van der Waals surface area (Å²) in [5.41, 5.74) is 5.64. The van der Waals surface area contributed by atoms with E-state index in [1.165, 1.54) is 16.7 Å². The first-order valence-corrected chi connectivity index (χ1v) is 11.4. The van der Waals surface area contributed by atoms with Gasteiger partial charge in [0, 0.05) is 18.2 Å². The van der Waals surface area contributed by atoms with Gasteiger partial charge in [0.1, 0.15) is 11.4 Å². The van der Waals surface area contributed by atoms with Gasteiger partial charge >= 0.3 is 0 Å². The first-order valence-electron chi connectivity index (χ1n) is 11.4. The van der Waals surface area contributed by atoms with Crippen LogP contribution in [0.4, 0.5) is 0 Å². The summed E-state index contributed by atoms with van der Waals surface area (Å²) in [5, 5.41) is 7.56. The number of hydrogen-bond acceptors (Lipinski definition) is 5. The van der Waals surface area contributed by atoms with Crippen LogP contribution < -0.4 is 4.74 Å². The summed E-state index contributed by atoms with van der Waals surface area (Å²) in [7, 11) is 6.11. The van der Waals surface area contributed by atoms with E-state index in [0.717, 1.165) is 42.3 Å². The number of hydrogen-bond donors (Lipinski definition) is 1. The van der Waals surface area contributed by atoms with E-state index in [1.54, 1.807) is 13.4 Å². The number of nitrogens with one attached hydrogen (secondary N) is 1. The zero-order valence-corrected chi connectivity index (χ0v) is 19.4. The molecule has 1 aliphatic heterocycles. The predicted octanol–water partition coefficient (Wildman–Crippen LogP) is 5.07. The molecule has 5 rings (SSSR count). The van der Waals surface area contributed by atoms with Crippen LogP contribution >= 0.6 is 0 Å². The number of aromatic nitrogens is 2. The molecule has 0 amide bonds. The fraction of sp³-hybridized carbons (Fsp3) is 0.296. The van der Waals surface area contributed by atoms with E-state index < -0.39 is 0 Å². The Labute approximate surface area is 194 Å². The number of H-pyrrole nitrogens is 1. The minimum absolute atomic E-state index is 0.0604. The first-order chi connectivity index (χ1) is 16.1. The van der Waals surface area contributed by atoms with Crippen LogP contribution in [0.25, 0.3) is 22.6 Å². The van der Waals surface area contributed by atoms with E-state index >= 15 is 0 Å². The van der Waals surface area contributed by atoms with Crippen molar-refractivity contribution >= 4 is 0 Å². The summed E-state index contributed by atoms with van der Waals surface area (Å²) in [6, 6.07) is 21.5. The molecule has 1 N–H and O–H groups in total. The summed E-state index contributed by atoms with van der Waals surface area (Å²) in [5.74, 6) is 1.67. The van der Waals surface area contributed by atoms with Crippen molar-refractivity contribution in [3.05, 3.63) is 84.3 Å². The monoisotopic (exact) mass is 442 g/mol. The third kappa shape index (κ3) is 4.32. The Morgan fingerprint density at radius 3 is 2.42 bits per heavy atom. The SMILES string of the molecule is COc1ccc(-c2ccc(C(c3cn[nH]c3-c3ccco3)N(C)C3CCN(C)C3)cc2)cc1. The molecule has 6 heteroatoms. The van der Waals surface area contributed by atoms with Crippen molar-refractivity contribution in [2.45, 2.75) is 18.5 Å². The van der Waals surface area contributed by atoms with Crippen molar-refractivity contribution in [2.24, 2.45) is 0 Å². The highest BCUT2D eigenvalue weighted by atomic mass is 16.5. The van der Waals surface area contributed by atoms with Crippen molar-refractivity contribution < 1.29 is 9.15 Å². The number of nitrogens with zero attached hydrogens (tertiary/aromatic N) is 3. The van der Waals surface area contributed by atoms with Gasteiger partial charge in [0.2, 0.25) is 0 Å². The van der Waals surface area contributed by atoms with Crippen LogP contribution in [0.3, 0.4) is 0 Å². The summed E-state index contributed by atoms with van der Waals surface area (Å²) >= 11 is 0. The molecule has 1 aliphatic rings. The minimum atomic E-state index is 0.0604. The van der Waals surface area contributed by atoms with E-state index in [0.29, 0.717) is 6.04 Å². The van der Waals surface area contributed by atoms with Gasteiger partial charge in [-0.1, -0.05) is 36.4 Å². The molecule has 4 aromatic rings. The largest absolute Gasteiger partial charge is 0.497 e. The van der Waals surface area contributed by atoms with E-state index in [-0.39, 0.29) is 6.04 Å². The third-order valence-corrected chi connectivity index (χ3v) is 6.73. The van der Waals surface area contributed by atoms with Gasteiger partial charge in [-0.15, -0.1) is 0 Å². The van der Waals surface area contributed by atoms with Crippen molar-refractivity contribution in [1.82, 2.24) is 20.0 Å². The van der Waals surface area contributed by atoms with Crippen molar-refractivity contribution in [1.29, 1.82) is 0 Å². The van der Waals surface area contributed by atoms with Crippen LogP contribution in [0.1, 0.15) is 23.6 Å². The summed E-state index contributed by atoms with van der Waals surface area (Å²) in [6.07, 6.45) is 4.80. The van der Waals surface area contributed by atoms with Gasteiger partial charge in [-0.3, -0.25) is 10.00 Å². The molecule has 0 spiro atoms. The average molecular weight is 443 g/mol. The molecule has 2 aromatic carbocycles. The number of benzene rings is 2. The van der Waals surface area contributed by atoms with Crippen molar-refractivity contribution in [2.75, 3.05) is 34.3 Å². The van der Waals surface area contributed by atoms with Crippen LogP contribution in [-0.4, -0.2) is 60.3 Å². The van der Waals surface area contributed by atoms with Gasteiger partial charge in [-0.05, 0) is 68.0 Å². The maximum atomic E-state index is 5.71. The zero-order valence-electron chi connectivity index (χ0n) is 19.4. The Balaban J connectivity index is 1.51. The molecular formula is C27H30N4O2. The molecule has 2 unspecified atom stereocenters. The van der Waals surface area contributed by atoms with Gasteiger partial charge in [-0.2, -0.15) is 5.10 Å². The molecule has 33 heavy (non-hydrogen) atoms. The lowest BCUT2D eigenvalue weighted by atomic mass is 9.93. The van der Waals surface area contributed by atoms with Crippen LogP contribution in [0.15, 0.2) is 77.5 Å². The fourth-order valence-corrected chi connectivity index (χ4v) is 4.85. The van der Waals surface area contributed by atoms with Gasteiger partial charge in [0.15, 0.2) is 5.76 Å². The molecule has 0 saturated carbocycles. The molecule has 0 radical (unpaired) electrons. The lowest BCUT2D eigenvalue weighted by Gasteiger charge is -2.33. The van der Waals surface area contributed by atoms with Crippen LogP contribution in [0, 0.1) is 0 Å². The highest BCUT2D eigenvalue weighted by Gasteiger charge is 2.32. The molecule has 6 nitrogen and oxygen atoms in total. The Bertz CT molecular complexity index is 1170. The normalized spacial score (nSPS) is 17.5. The second kappa shape index (κ2) is 9.25. The maximum absolute atomic E-state index is 5.71. The number of ether oxygens (including phenoxy) is 1. The van der Waals surface area contributed by atoms with Crippen LogP contribution in [0.2, 0.25) is 0 Å². The van der Waals surface area contributed by atoms with E-state index in [9.17, 15) is 0 Å². The molecule has 1 saturated heterocycles. The highest BCUT2D eigenvalue weighted by Crippen LogP contribution is 2.37. The molecule has 0 bridgehead atoms. The Morgan fingerprint density at radius 1 is 1.09 bits per heavy atom. The quantitative estimate of drug-likeness (QED) is 0.433. The lowest BCUT2D eigenvalue weighted by Crippen LogP contribution is -2.37. The lowest BCUT2D eigenvalue weighted by molar-refractivity contribution is 0.200. The van der Waals surface area contributed by atoms with Gasteiger partial charge in [0.25, 0.3) is 0 Å². The van der Waals surface area contributed by atoms with Gasteiger partial charge in [0.05, 0.1) is 25.6 Å². The molecule has 0 aliphatic carbocycles. The van der Waals surface area contributed by atoms with Crippen LogP contribution in [-0.2, 0) is 0 Å². The number of likely N-dealkylation sites (tertiary alicyclic amines) is 1. The molecule has 2 atom stereocenters. The average Bonchev–Trinajstić information content (AvgIpc) is 3.62. The predicted molar refractivity (Wildman–Crippen MR) is 130 cm³/mol. The van der Waals surface area contributed by atoms with Gasteiger partial charge in [-0.25, -0.2) is 0 Å². The van der Waals surface area contributed by atoms with E-state index in [1.807, 2.05) is 30.5 Å². The molecule has 3 heterocycles. The van der Waals surface area contributed by atoms with Gasteiger partial charge < -0.3 is 14.1 Å². The maximum Gasteiger partial charge on any atom is 0.151 e. The number of rotatable bonds is 7. The topological polar surface area (TPSA) is 57.5 Å². The number of furan rings is 1. The molecule has 1 fully saturated rings. The van der Waals surface area contributed by atoms with Crippen molar-refractivity contribution in [3.8, 4) is 28.3 Å². The zero-order chi connectivity index (χ0) is 22.8. The number of likely N-dealkylation sites (N-methyl/N-ethyl adjacent to an activating group) is 2. The second-order valence-electron chi connectivity index (χ2n) is 8.80. The number of methoxy groups -OCH3 is 1. The summed E-state index contributed by atoms with van der Waals surface area (Å²) in [4.78, 5) is 4.89. The molecule has 170 valence electrons. The first kappa shape index (κ1) is 21.5. The Kier molecular flexibility index (Phi) is 6.03. The van der Waals surface area contributed by atoms with Crippen molar-refractivity contribution in [3.63, 3.8) is 0 Å². The molecular weight excluding hydrogens is 412 g/mol. The van der Waals surface area contributed by atoms with E-state index in [4.69, 9.17) is 9.15 Å². The summed E-state index contributed by atoms with van der Waals surface area (Å²) < 4.78 is 11.0. The Morgan fingerprint density at radius 2 is 1.82 bits per heavy atom.